The zero-order valence-electron chi connectivity index (χ0n) is 8.84. The van der Waals surface area contributed by atoms with Crippen LogP contribution in [-0.4, -0.2) is 22.4 Å². The fraction of sp³-hybridized carbons (Fsp3) is 0.333. The number of hydrogen-bond donors (Lipinski definition) is 1. The van der Waals surface area contributed by atoms with Crippen LogP contribution in [0, 0.1) is 0 Å². The first kappa shape index (κ1) is 15.4. The van der Waals surface area contributed by atoms with Gasteiger partial charge in [0.1, 0.15) is 11.3 Å². The number of carbonyl (C=O) groups is 1. The van der Waals surface area contributed by atoms with Crippen molar-refractivity contribution in [2.75, 3.05) is 0 Å². The van der Waals surface area contributed by atoms with E-state index in [-0.39, 0.29) is 0 Å². The first-order valence-corrected chi connectivity index (χ1v) is 5.05. The summed E-state index contributed by atoms with van der Waals surface area (Å²) in [4.78, 5) is 13.9. The molecule has 1 aromatic rings. The van der Waals surface area contributed by atoms with Crippen molar-refractivity contribution in [1.82, 2.24) is 4.98 Å². The van der Waals surface area contributed by atoms with Gasteiger partial charge in [-0.05, 0) is 0 Å². The van der Waals surface area contributed by atoms with Crippen molar-refractivity contribution in [1.29, 1.82) is 0 Å². The van der Waals surface area contributed by atoms with Crippen LogP contribution in [-0.2, 0) is 5.88 Å². The van der Waals surface area contributed by atoms with Crippen molar-refractivity contribution in [2.24, 2.45) is 0 Å². The van der Waals surface area contributed by atoms with Crippen LogP contribution in [0.25, 0.3) is 0 Å². The van der Waals surface area contributed by atoms with Crippen LogP contribution in [0.4, 0.5) is 22.0 Å². The Hall–Kier alpha value is -1.64. The van der Waals surface area contributed by atoms with E-state index >= 15 is 0 Å². The van der Waals surface area contributed by atoms with E-state index in [1.807, 2.05) is 0 Å². The van der Waals surface area contributed by atoms with Gasteiger partial charge in [-0.15, -0.1) is 24.8 Å². The average Bonchev–Trinajstić information content (AvgIpc) is 2.25. The molecule has 0 aromatic carbocycles. The van der Waals surface area contributed by atoms with Crippen molar-refractivity contribution in [2.45, 2.75) is 18.7 Å². The van der Waals surface area contributed by atoms with Gasteiger partial charge in [0.25, 0.3) is 6.43 Å². The summed E-state index contributed by atoms with van der Waals surface area (Å²) < 4.78 is 65.1. The molecule has 19 heavy (non-hydrogen) atoms. The zero-order valence-corrected chi connectivity index (χ0v) is 9.60. The third kappa shape index (κ3) is 3.66. The van der Waals surface area contributed by atoms with Crippen molar-refractivity contribution < 1.29 is 36.6 Å². The van der Waals surface area contributed by atoms with Crippen molar-refractivity contribution in [3.8, 4) is 5.75 Å². The van der Waals surface area contributed by atoms with Crippen LogP contribution >= 0.6 is 11.6 Å². The molecule has 0 amide bonds. The monoisotopic (exact) mass is 305 g/mol. The van der Waals surface area contributed by atoms with E-state index < -0.39 is 47.2 Å². The molecular formula is C9H5ClF5NO3. The summed E-state index contributed by atoms with van der Waals surface area (Å²) in [6, 6.07) is 0. The molecule has 1 N–H and O–H groups in total. The molecule has 0 aliphatic heterocycles. The van der Waals surface area contributed by atoms with Crippen LogP contribution in [0.5, 0.6) is 5.75 Å². The zero-order chi connectivity index (χ0) is 14.8. The first-order chi connectivity index (χ1) is 8.67. The van der Waals surface area contributed by atoms with Gasteiger partial charge in [0, 0.05) is 11.8 Å². The highest BCUT2D eigenvalue weighted by Gasteiger charge is 2.36. The van der Waals surface area contributed by atoms with Crippen LogP contribution in [0.3, 0.4) is 0 Å². The number of hydrogen-bond acceptors (Lipinski definition) is 3. The number of carboxylic acid groups (broad SMARTS) is 1. The number of pyridine rings is 1. The average molecular weight is 306 g/mol. The maximum Gasteiger partial charge on any atom is 0.573 e. The van der Waals surface area contributed by atoms with Gasteiger partial charge in [0.2, 0.25) is 0 Å². The predicted octanol–water partition coefficient (Wildman–Crippen LogP) is 3.35. The topological polar surface area (TPSA) is 59.4 Å². The molecule has 106 valence electrons. The Balaban J connectivity index is 3.53. The highest BCUT2D eigenvalue weighted by atomic mass is 35.5. The summed E-state index contributed by atoms with van der Waals surface area (Å²) in [5.41, 5.74) is -3.13. The molecule has 0 bridgehead atoms. The summed E-state index contributed by atoms with van der Waals surface area (Å²) in [6.07, 6.45) is -8.00. The number of halogens is 6. The van der Waals surface area contributed by atoms with E-state index in [2.05, 4.69) is 9.72 Å². The number of aromatic nitrogens is 1. The Morgan fingerprint density at radius 2 is 2.05 bits per heavy atom. The minimum Gasteiger partial charge on any atom is -0.477 e. The molecule has 0 aliphatic carbocycles. The van der Waals surface area contributed by atoms with E-state index in [0.29, 0.717) is 6.20 Å². The molecule has 0 aliphatic rings. The molecule has 0 saturated carbocycles. The van der Waals surface area contributed by atoms with Gasteiger partial charge in [-0.2, -0.15) is 0 Å². The Morgan fingerprint density at radius 1 is 1.47 bits per heavy atom. The van der Waals surface area contributed by atoms with Gasteiger partial charge in [0.15, 0.2) is 5.75 Å². The smallest absolute Gasteiger partial charge is 0.477 e. The number of rotatable bonds is 4. The molecule has 10 heteroatoms. The fourth-order valence-electron chi connectivity index (χ4n) is 1.25. The maximum atomic E-state index is 12.5. The SMILES string of the molecule is O=C(O)c1c(C(F)F)ncc(CCl)c1OC(F)(F)F. The van der Waals surface area contributed by atoms with Crippen LogP contribution in [0.1, 0.15) is 28.0 Å². The van der Waals surface area contributed by atoms with E-state index in [4.69, 9.17) is 16.7 Å². The maximum absolute atomic E-state index is 12.5. The molecular weight excluding hydrogens is 301 g/mol. The molecule has 0 saturated heterocycles. The largest absolute Gasteiger partial charge is 0.573 e. The van der Waals surface area contributed by atoms with Gasteiger partial charge in [-0.25, -0.2) is 13.6 Å². The Kier molecular flexibility index (Phi) is 4.51. The van der Waals surface area contributed by atoms with E-state index in [1.54, 1.807) is 0 Å². The molecule has 1 rings (SSSR count). The minimum atomic E-state index is -5.24. The fourth-order valence-corrected chi connectivity index (χ4v) is 1.44. The molecule has 0 fully saturated rings. The number of nitrogens with zero attached hydrogens (tertiary/aromatic N) is 1. The normalized spacial score (nSPS) is 11.7. The lowest BCUT2D eigenvalue weighted by Crippen LogP contribution is -2.21. The molecule has 1 heterocycles. The highest BCUT2D eigenvalue weighted by Crippen LogP contribution is 2.35. The van der Waals surface area contributed by atoms with Gasteiger partial charge in [-0.3, -0.25) is 4.98 Å². The molecule has 0 unspecified atom stereocenters. The van der Waals surface area contributed by atoms with Crippen LogP contribution in [0.15, 0.2) is 6.20 Å². The van der Waals surface area contributed by atoms with Gasteiger partial charge in [0.05, 0.1) is 5.88 Å². The number of aromatic carboxylic acids is 1. The van der Waals surface area contributed by atoms with E-state index in [9.17, 15) is 26.7 Å². The second-order valence-corrected chi connectivity index (χ2v) is 3.43. The second-order valence-electron chi connectivity index (χ2n) is 3.16. The van der Waals surface area contributed by atoms with Crippen molar-refractivity contribution in [3.63, 3.8) is 0 Å². The Bertz CT molecular complexity index is 491. The second kappa shape index (κ2) is 5.55. The number of carboxylic acids is 1. The number of ether oxygens (including phenoxy) is 1. The van der Waals surface area contributed by atoms with E-state index in [0.717, 1.165) is 0 Å². The summed E-state index contributed by atoms with van der Waals surface area (Å²) in [5, 5.41) is 8.75. The lowest BCUT2D eigenvalue weighted by Gasteiger charge is -2.16. The molecule has 0 radical (unpaired) electrons. The standard InChI is InChI=1S/C9H5ClF5NO3/c10-1-3-2-16-5(7(11)12)4(8(17)18)6(3)19-9(13,14)15/h2,7H,1H2,(H,17,18). The third-order valence-electron chi connectivity index (χ3n) is 1.92. The lowest BCUT2D eigenvalue weighted by molar-refractivity contribution is -0.275. The highest BCUT2D eigenvalue weighted by molar-refractivity contribution is 6.17. The van der Waals surface area contributed by atoms with Crippen molar-refractivity contribution >= 4 is 17.6 Å². The third-order valence-corrected chi connectivity index (χ3v) is 2.20. The van der Waals surface area contributed by atoms with Gasteiger partial charge >= 0.3 is 12.3 Å². The Labute approximate surface area is 107 Å². The molecule has 0 spiro atoms. The van der Waals surface area contributed by atoms with Crippen molar-refractivity contribution in [3.05, 3.63) is 23.0 Å². The molecule has 0 atom stereocenters. The molecule has 4 nitrogen and oxygen atoms in total. The minimum absolute atomic E-state index is 0.458. The molecule has 1 aromatic heterocycles. The quantitative estimate of drug-likeness (QED) is 0.684. The predicted molar refractivity (Wildman–Crippen MR) is 52.4 cm³/mol. The summed E-state index contributed by atoms with van der Waals surface area (Å²) in [5.74, 6) is -3.88. The first-order valence-electron chi connectivity index (χ1n) is 4.52. The Morgan fingerprint density at radius 3 is 2.42 bits per heavy atom. The van der Waals surface area contributed by atoms with Crippen LogP contribution in [0.2, 0.25) is 0 Å². The lowest BCUT2D eigenvalue weighted by atomic mass is 10.1. The number of alkyl halides is 6. The van der Waals surface area contributed by atoms with Crippen LogP contribution < -0.4 is 4.74 Å². The summed E-state index contributed by atoms with van der Waals surface area (Å²) in [7, 11) is 0. The summed E-state index contributed by atoms with van der Waals surface area (Å²) >= 11 is 5.30. The van der Waals surface area contributed by atoms with Gasteiger partial charge < -0.3 is 9.84 Å². The summed E-state index contributed by atoms with van der Waals surface area (Å²) in [6.45, 7) is 0. The van der Waals surface area contributed by atoms with E-state index in [1.165, 1.54) is 0 Å². The van der Waals surface area contributed by atoms with Gasteiger partial charge in [-0.1, -0.05) is 0 Å².